The number of hydrogen-bond acceptors (Lipinski definition) is 3. The van der Waals surface area contributed by atoms with Crippen molar-refractivity contribution in [1.29, 1.82) is 0 Å². The van der Waals surface area contributed by atoms with Gasteiger partial charge in [-0.1, -0.05) is 35.9 Å². The quantitative estimate of drug-likeness (QED) is 0.682. The van der Waals surface area contributed by atoms with Gasteiger partial charge in [-0.2, -0.15) is 0 Å². The molecule has 0 spiro atoms. The van der Waals surface area contributed by atoms with Gasteiger partial charge in [0.05, 0.1) is 10.6 Å². The zero-order valence-corrected chi connectivity index (χ0v) is 15.1. The molecule has 0 radical (unpaired) electrons. The van der Waals surface area contributed by atoms with Gasteiger partial charge in [-0.05, 0) is 54.6 Å². The number of benzene rings is 3. The number of nitrogens with one attached hydrogen (secondary N) is 2. The first-order valence-electron chi connectivity index (χ1n) is 7.69. The van der Waals surface area contributed by atoms with E-state index in [-0.39, 0.29) is 10.8 Å². The van der Waals surface area contributed by atoms with Crippen molar-refractivity contribution in [3.63, 3.8) is 0 Å². The molecule has 0 aliphatic rings. The largest absolute Gasteiger partial charge is 0.322 e. The second-order valence-corrected chi connectivity index (χ2v) is 7.58. The van der Waals surface area contributed by atoms with Crippen LogP contribution in [0.1, 0.15) is 10.4 Å². The fourth-order valence-electron chi connectivity index (χ4n) is 2.28. The molecule has 2 N–H and O–H groups in total. The van der Waals surface area contributed by atoms with Gasteiger partial charge in [0.15, 0.2) is 0 Å². The van der Waals surface area contributed by atoms with Crippen LogP contribution in [0.5, 0.6) is 0 Å². The molecule has 0 saturated carbocycles. The number of anilines is 2. The lowest BCUT2D eigenvalue weighted by Gasteiger charge is -2.09. The predicted molar refractivity (Wildman–Crippen MR) is 103 cm³/mol. The zero-order chi connectivity index (χ0) is 18.6. The van der Waals surface area contributed by atoms with Gasteiger partial charge in [0.2, 0.25) is 0 Å². The summed E-state index contributed by atoms with van der Waals surface area (Å²) >= 11 is 5.86. The van der Waals surface area contributed by atoms with Crippen molar-refractivity contribution in [2.45, 2.75) is 4.90 Å². The average Bonchev–Trinajstić information content (AvgIpc) is 2.62. The summed E-state index contributed by atoms with van der Waals surface area (Å²) < 4.78 is 27.3. The lowest BCUT2D eigenvalue weighted by molar-refractivity contribution is 0.102. The highest BCUT2D eigenvalue weighted by molar-refractivity contribution is 7.92. The number of halogens is 1. The topological polar surface area (TPSA) is 75.3 Å². The SMILES string of the molecule is O=C(Nc1ccccc1)c1ccc(S(=O)(=O)Nc2cccc(Cl)c2)cc1. The highest BCUT2D eigenvalue weighted by Gasteiger charge is 2.15. The molecule has 0 aliphatic carbocycles. The maximum Gasteiger partial charge on any atom is 0.261 e. The van der Waals surface area contributed by atoms with Gasteiger partial charge in [0.25, 0.3) is 15.9 Å². The molecule has 0 aromatic heterocycles. The normalized spacial score (nSPS) is 11.0. The molecule has 5 nitrogen and oxygen atoms in total. The minimum Gasteiger partial charge on any atom is -0.322 e. The highest BCUT2D eigenvalue weighted by Crippen LogP contribution is 2.20. The second-order valence-electron chi connectivity index (χ2n) is 5.46. The van der Waals surface area contributed by atoms with Crippen LogP contribution in [0, 0.1) is 0 Å². The molecule has 3 rings (SSSR count). The Labute approximate surface area is 156 Å². The van der Waals surface area contributed by atoms with E-state index in [2.05, 4.69) is 10.0 Å². The van der Waals surface area contributed by atoms with Crippen molar-refractivity contribution in [3.05, 3.63) is 89.4 Å². The van der Waals surface area contributed by atoms with Crippen LogP contribution < -0.4 is 10.0 Å². The molecule has 0 saturated heterocycles. The maximum atomic E-state index is 12.4. The minimum absolute atomic E-state index is 0.0498. The number of sulfonamides is 1. The molecule has 0 fully saturated rings. The van der Waals surface area contributed by atoms with E-state index in [0.29, 0.717) is 22.0 Å². The number of amides is 1. The van der Waals surface area contributed by atoms with Crippen LogP contribution in [0.3, 0.4) is 0 Å². The average molecular weight is 387 g/mol. The van der Waals surface area contributed by atoms with Crippen LogP contribution >= 0.6 is 11.6 Å². The summed E-state index contributed by atoms with van der Waals surface area (Å²) in [7, 11) is -3.77. The summed E-state index contributed by atoms with van der Waals surface area (Å²) in [4.78, 5) is 12.3. The second kappa shape index (κ2) is 7.59. The Morgan fingerprint density at radius 2 is 1.46 bits per heavy atom. The van der Waals surface area contributed by atoms with Crippen molar-refractivity contribution in [2.75, 3.05) is 10.0 Å². The molecule has 1 amide bonds. The monoisotopic (exact) mass is 386 g/mol. The lowest BCUT2D eigenvalue weighted by atomic mass is 10.2. The van der Waals surface area contributed by atoms with Crippen molar-refractivity contribution in [1.82, 2.24) is 0 Å². The predicted octanol–water partition coefficient (Wildman–Crippen LogP) is 4.39. The van der Waals surface area contributed by atoms with E-state index in [9.17, 15) is 13.2 Å². The molecule has 0 unspecified atom stereocenters. The molecule has 3 aromatic carbocycles. The third-order valence-corrected chi connectivity index (χ3v) is 5.17. The van der Waals surface area contributed by atoms with Crippen molar-refractivity contribution < 1.29 is 13.2 Å². The summed E-state index contributed by atoms with van der Waals surface area (Å²) in [5.41, 5.74) is 1.38. The van der Waals surface area contributed by atoms with E-state index in [4.69, 9.17) is 11.6 Å². The van der Waals surface area contributed by atoms with E-state index in [1.807, 2.05) is 18.2 Å². The van der Waals surface area contributed by atoms with Gasteiger partial charge in [0.1, 0.15) is 0 Å². The Hall–Kier alpha value is -2.83. The summed E-state index contributed by atoms with van der Waals surface area (Å²) in [5, 5.41) is 3.17. The number of hydrogen-bond donors (Lipinski definition) is 2. The molecular weight excluding hydrogens is 372 g/mol. The van der Waals surface area contributed by atoms with Crippen LogP contribution in [0.25, 0.3) is 0 Å². The van der Waals surface area contributed by atoms with Gasteiger partial charge >= 0.3 is 0 Å². The number of carbonyl (C=O) groups excluding carboxylic acids is 1. The molecule has 0 heterocycles. The van der Waals surface area contributed by atoms with Gasteiger partial charge in [0, 0.05) is 16.3 Å². The standard InChI is InChI=1S/C19H15ClN2O3S/c20-15-5-4-8-17(13-15)22-26(24,25)18-11-9-14(10-12-18)19(23)21-16-6-2-1-3-7-16/h1-13,22H,(H,21,23). The van der Waals surface area contributed by atoms with Gasteiger partial charge in [-0.25, -0.2) is 8.42 Å². The van der Waals surface area contributed by atoms with E-state index in [0.717, 1.165) is 0 Å². The number of rotatable bonds is 5. The van der Waals surface area contributed by atoms with E-state index >= 15 is 0 Å². The smallest absolute Gasteiger partial charge is 0.261 e. The minimum atomic E-state index is -3.77. The maximum absolute atomic E-state index is 12.4. The fraction of sp³-hybridized carbons (Fsp3) is 0. The summed E-state index contributed by atoms with van der Waals surface area (Å²) in [6.07, 6.45) is 0. The fourth-order valence-corrected chi connectivity index (χ4v) is 3.52. The molecule has 132 valence electrons. The molecule has 7 heteroatoms. The van der Waals surface area contributed by atoms with E-state index in [1.165, 1.54) is 30.3 Å². The van der Waals surface area contributed by atoms with Crippen LogP contribution in [0.2, 0.25) is 5.02 Å². The molecule has 0 atom stereocenters. The summed E-state index contributed by atoms with van der Waals surface area (Å²) in [6, 6.07) is 21.1. The Kier molecular flexibility index (Phi) is 5.25. The highest BCUT2D eigenvalue weighted by atomic mass is 35.5. The number of carbonyl (C=O) groups is 1. The molecule has 26 heavy (non-hydrogen) atoms. The zero-order valence-electron chi connectivity index (χ0n) is 13.5. The first-order chi connectivity index (χ1) is 12.4. The van der Waals surface area contributed by atoms with Crippen molar-refractivity contribution >= 4 is 38.9 Å². The molecular formula is C19H15ClN2O3S. The van der Waals surface area contributed by atoms with Crippen LogP contribution in [0.4, 0.5) is 11.4 Å². The van der Waals surface area contributed by atoms with Gasteiger partial charge < -0.3 is 5.32 Å². The van der Waals surface area contributed by atoms with Crippen LogP contribution in [0.15, 0.2) is 83.8 Å². The van der Waals surface area contributed by atoms with Crippen molar-refractivity contribution in [2.24, 2.45) is 0 Å². The third-order valence-electron chi connectivity index (χ3n) is 3.54. The third kappa shape index (κ3) is 4.41. The van der Waals surface area contributed by atoms with Gasteiger partial charge in [-0.3, -0.25) is 9.52 Å². The summed E-state index contributed by atoms with van der Waals surface area (Å²) in [5.74, 6) is -0.317. The van der Waals surface area contributed by atoms with E-state index in [1.54, 1.807) is 30.3 Å². The Morgan fingerprint density at radius 1 is 0.808 bits per heavy atom. The lowest BCUT2D eigenvalue weighted by Crippen LogP contribution is -2.14. The van der Waals surface area contributed by atoms with E-state index < -0.39 is 10.0 Å². The van der Waals surface area contributed by atoms with Gasteiger partial charge in [-0.15, -0.1) is 0 Å². The Balaban J connectivity index is 1.75. The van der Waals surface area contributed by atoms with Crippen molar-refractivity contribution in [3.8, 4) is 0 Å². The van der Waals surface area contributed by atoms with Crippen LogP contribution in [-0.4, -0.2) is 14.3 Å². The molecule has 0 bridgehead atoms. The number of para-hydroxylation sites is 1. The van der Waals surface area contributed by atoms with Crippen LogP contribution in [-0.2, 0) is 10.0 Å². The summed E-state index contributed by atoms with van der Waals surface area (Å²) in [6.45, 7) is 0. The molecule has 3 aromatic rings. The Morgan fingerprint density at radius 3 is 2.12 bits per heavy atom. The molecule has 0 aliphatic heterocycles. The first-order valence-corrected chi connectivity index (χ1v) is 9.55. The first kappa shape index (κ1) is 18.0. The Bertz CT molecular complexity index is 1020.